The summed E-state index contributed by atoms with van der Waals surface area (Å²) in [5.74, 6) is 0.703. The first kappa shape index (κ1) is 19.9. The zero-order valence-corrected chi connectivity index (χ0v) is 16.9. The molecule has 7 heteroatoms. The third kappa shape index (κ3) is 4.81. The van der Waals surface area contributed by atoms with Gasteiger partial charge in [0, 0.05) is 18.1 Å². The Labute approximate surface area is 169 Å². The highest BCUT2D eigenvalue weighted by molar-refractivity contribution is 14.0. The van der Waals surface area contributed by atoms with Gasteiger partial charge in [-0.25, -0.2) is 14.4 Å². The van der Waals surface area contributed by atoms with E-state index >= 15 is 0 Å². The summed E-state index contributed by atoms with van der Waals surface area (Å²) in [5.41, 5.74) is 9.13. The summed E-state index contributed by atoms with van der Waals surface area (Å²) in [6, 6.07) is 12.9. The van der Waals surface area contributed by atoms with Gasteiger partial charge in [-0.3, -0.25) is 0 Å². The van der Waals surface area contributed by atoms with Crippen molar-refractivity contribution in [2.75, 3.05) is 5.32 Å². The van der Waals surface area contributed by atoms with Crippen molar-refractivity contribution in [2.24, 2.45) is 10.7 Å². The fourth-order valence-electron chi connectivity index (χ4n) is 2.48. The summed E-state index contributed by atoms with van der Waals surface area (Å²) in [4.78, 5) is 8.37. The molecule has 26 heavy (non-hydrogen) atoms. The van der Waals surface area contributed by atoms with Crippen LogP contribution in [-0.2, 0) is 6.54 Å². The van der Waals surface area contributed by atoms with E-state index in [9.17, 15) is 4.39 Å². The molecule has 1 heterocycles. The van der Waals surface area contributed by atoms with Crippen molar-refractivity contribution < 1.29 is 4.39 Å². The van der Waals surface area contributed by atoms with Gasteiger partial charge in [-0.1, -0.05) is 23.8 Å². The molecule has 0 aliphatic heterocycles. The molecule has 0 aliphatic rings. The number of benzene rings is 2. The van der Waals surface area contributed by atoms with Crippen LogP contribution >= 0.6 is 24.0 Å². The highest BCUT2D eigenvalue weighted by Gasteiger charge is 2.07. The van der Waals surface area contributed by atoms with Crippen LogP contribution in [0.4, 0.5) is 10.1 Å². The van der Waals surface area contributed by atoms with Crippen molar-refractivity contribution >= 4 is 35.6 Å². The largest absolute Gasteiger partial charge is 0.370 e. The van der Waals surface area contributed by atoms with Crippen LogP contribution in [0.5, 0.6) is 0 Å². The number of imidazole rings is 1. The molecule has 0 saturated carbocycles. The third-order valence-electron chi connectivity index (χ3n) is 3.85. The second kappa shape index (κ2) is 8.79. The Bertz CT molecular complexity index is 903. The zero-order chi connectivity index (χ0) is 17.8. The lowest BCUT2D eigenvalue weighted by atomic mass is 10.2. The van der Waals surface area contributed by atoms with Crippen LogP contribution in [0.3, 0.4) is 0 Å². The maximum absolute atomic E-state index is 14.4. The molecule has 0 spiro atoms. The number of halogens is 2. The molecule has 0 saturated heterocycles. The molecule has 0 amide bonds. The molecule has 136 valence electrons. The number of nitrogens with zero attached hydrogens (tertiary/aromatic N) is 3. The first-order valence-electron chi connectivity index (χ1n) is 7.95. The highest BCUT2D eigenvalue weighted by Crippen LogP contribution is 2.17. The molecule has 2 aromatic carbocycles. The van der Waals surface area contributed by atoms with E-state index in [1.807, 2.05) is 44.2 Å². The van der Waals surface area contributed by atoms with E-state index in [-0.39, 0.29) is 29.8 Å². The molecule has 0 atom stereocenters. The number of anilines is 1. The predicted molar refractivity (Wildman–Crippen MR) is 114 cm³/mol. The van der Waals surface area contributed by atoms with Crippen LogP contribution in [0, 0.1) is 19.7 Å². The number of nitrogens with one attached hydrogen (secondary N) is 1. The Balaban J connectivity index is 0.00000243. The molecule has 0 radical (unpaired) electrons. The van der Waals surface area contributed by atoms with Gasteiger partial charge in [0.15, 0.2) is 5.96 Å². The fraction of sp³-hybridized carbons (Fsp3) is 0.158. The average Bonchev–Trinajstić information content (AvgIpc) is 3.01. The first-order chi connectivity index (χ1) is 12.0. The van der Waals surface area contributed by atoms with Crippen molar-refractivity contribution in [1.29, 1.82) is 0 Å². The standard InChI is InChI=1S/C19H20FN5.HI/c1-13-3-6-16(7-4-13)24-19(21)23-12-15-5-8-18(17(20)11-15)25-10-9-22-14(25)2;/h3-11H,12H2,1-2H3,(H3,21,23,24);1H. The molecular weight excluding hydrogens is 444 g/mol. The fourth-order valence-corrected chi connectivity index (χ4v) is 2.48. The van der Waals surface area contributed by atoms with Crippen LogP contribution in [0.1, 0.15) is 17.0 Å². The van der Waals surface area contributed by atoms with Gasteiger partial charge in [0.2, 0.25) is 0 Å². The topological polar surface area (TPSA) is 68.2 Å². The van der Waals surface area contributed by atoms with E-state index in [4.69, 9.17) is 5.73 Å². The van der Waals surface area contributed by atoms with Gasteiger partial charge >= 0.3 is 0 Å². The second-order valence-electron chi connectivity index (χ2n) is 5.82. The number of hydrogen-bond donors (Lipinski definition) is 2. The van der Waals surface area contributed by atoms with Gasteiger partial charge in [0.1, 0.15) is 11.6 Å². The molecule has 0 unspecified atom stereocenters. The Morgan fingerprint density at radius 1 is 1.19 bits per heavy atom. The van der Waals surface area contributed by atoms with Gasteiger partial charge < -0.3 is 15.6 Å². The summed E-state index contributed by atoms with van der Waals surface area (Å²) in [7, 11) is 0. The normalized spacial score (nSPS) is 11.1. The highest BCUT2D eigenvalue weighted by atomic mass is 127. The third-order valence-corrected chi connectivity index (χ3v) is 3.85. The second-order valence-corrected chi connectivity index (χ2v) is 5.82. The molecule has 0 fully saturated rings. The number of aryl methyl sites for hydroxylation is 2. The maximum Gasteiger partial charge on any atom is 0.193 e. The minimum atomic E-state index is -0.320. The Hall–Kier alpha value is -2.42. The summed E-state index contributed by atoms with van der Waals surface area (Å²) in [5, 5.41) is 3.02. The van der Waals surface area contributed by atoms with Gasteiger partial charge in [-0.2, -0.15) is 0 Å². The molecule has 0 aliphatic carbocycles. The van der Waals surface area contributed by atoms with Gasteiger partial charge in [-0.15, -0.1) is 24.0 Å². The number of aliphatic imine (C=N–C) groups is 1. The Kier molecular flexibility index (Phi) is 6.73. The SMILES string of the molecule is Cc1ccc(NC(N)=NCc2ccc(-n3ccnc3C)c(F)c2)cc1.I. The molecule has 1 aromatic heterocycles. The van der Waals surface area contributed by atoms with Crippen molar-refractivity contribution in [1.82, 2.24) is 9.55 Å². The van der Waals surface area contributed by atoms with Gasteiger partial charge in [-0.05, 0) is 43.7 Å². The monoisotopic (exact) mass is 465 g/mol. The molecule has 3 rings (SSSR count). The first-order valence-corrected chi connectivity index (χ1v) is 7.95. The molecule has 3 aromatic rings. The number of hydrogen-bond acceptors (Lipinski definition) is 2. The lowest BCUT2D eigenvalue weighted by Crippen LogP contribution is -2.22. The molecular formula is C19H21FIN5. The van der Waals surface area contributed by atoms with Crippen LogP contribution in [-0.4, -0.2) is 15.5 Å². The molecule has 0 bridgehead atoms. The van der Waals surface area contributed by atoms with E-state index in [0.29, 0.717) is 18.2 Å². The smallest absolute Gasteiger partial charge is 0.193 e. The van der Waals surface area contributed by atoms with Crippen LogP contribution in [0.25, 0.3) is 5.69 Å². The van der Waals surface area contributed by atoms with E-state index in [1.165, 1.54) is 11.6 Å². The lowest BCUT2D eigenvalue weighted by molar-refractivity contribution is 0.614. The van der Waals surface area contributed by atoms with E-state index in [0.717, 1.165) is 17.1 Å². The van der Waals surface area contributed by atoms with Crippen molar-refractivity contribution in [3.8, 4) is 5.69 Å². The number of rotatable bonds is 4. The molecule has 5 nitrogen and oxygen atoms in total. The lowest BCUT2D eigenvalue weighted by Gasteiger charge is -2.09. The van der Waals surface area contributed by atoms with E-state index < -0.39 is 0 Å². The summed E-state index contributed by atoms with van der Waals surface area (Å²) in [6.07, 6.45) is 3.37. The van der Waals surface area contributed by atoms with E-state index in [1.54, 1.807) is 23.0 Å². The minimum absolute atomic E-state index is 0. The Morgan fingerprint density at radius 3 is 2.54 bits per heavy atom. The van der Waals surface area contributed by atoms with Crippen LogP contribution < -0.4 is 11.1 Å². The van der Waals surface area contributed by atoms with Crippen LogP contribution in [0.2, 0.25) is 0 Å². The van der Waals surface area contributed by atoms with Gasteiger partial charge in [0.05, 0.1) is 12.2 Å². The summed E-state index contributed by atoms with van der Waals surface area (Å²) < 4.78 is 16.1. The summed E-state index contributed by atoms with van der Waals surface area (Å²) >= 11 is 0. The predicted octanol–water partition coefficient (Wildman–Crippen LogP) is 4.17. The zero-order valence-electron chi connectivity index (χ0n) is 14.6. The number of guanidine groups is 1. The Morgan fingerprint density at radius 2 is 1.92 bits per heavy atom. The van der Waals surface area contributed by atoms with Gasteiger partial charge in [0.25, 0.3) is 0 Å². The van der Waals surface area contributed by atoms with Crippen molar-refractivity contribution in [2.45, 2.75) is 20.4 Å². The quantitative estimate of drug-likeness (QED) is 0.345. The minimum Gasteiger partial charge on any atom is -0.370 e. The van der Waals surface area contributed by atoms with Crippen molar-refractivity contribution in [3.05, 3.63) is 77.6 Å². The van der Waals surface area contributed by atoms with Crippen molar-refractivity contribution in [3.63, 3.8) is 0 Å². The van der Waals surface area contributed by atoms with E-state index in [2.05, 4.69) is 15.3 Å². The number of aromatic nitrogens is 2. The average molecular weight is 465 g/mol. The maximum atomic E-state index is 14.4. The van der Waals surface area contributed by atoms with Crippen LogP contribution in [0.15, 0.2) is 59.9 Å². The summed E-state index contributed by atoms with van der Waals surface area (Å²) in [6.45, 7) is 4.14. The molecule has 3 N–H and O–H groups in total. The number of nitrogens with two attached hydrogens (primary N) is 1.